The highest BCUT2D eigenvalue weighted by atomic mass is 16.6. The van der Waals surface area contributed by atoms with Crippen LogP contribution in [0.1, 0.15) is 297 Å². The maximum atomic E-state index is 12.9. The molecular formula is C72H120O6. The first-order valence-corrected chi connectivity index (χ1v) is 32.5. The minimum atomic E-state index is -0.788. The molecule has 0 fully saturated rings. The molecule has 0 heterocycles. The summed E-state index contributed by atoms with van der Waals surface area (Å²) < 4.78 is 16.9. The lowest BCUT2D eigenvalue weighted by atomic mass is 10.0. The summed E-state index contributed by atoms with van der Waals surface area (Å²) in [7, 11) is 0. The zero-order valence-electron chi connectivity index (χ0n) is 50.9. The molecule has 0 N–H and O–H groups in total. The van der Waals surface area contributed by atoms with Gasteiger partial charge in [-0.3, -0.25) is 14.4 Å². The van der Waals surface area contributed by atoms with Gasteiger partial charge in [0.05, 0.1) is 0 Å². The minimum absolute atomic E-state index is 0.0849. The van der Waals surface area contributed by atoms with Gasteiger partial charge >= 0.3 is 17.9 Å². The molecule has 78 heavy (non-hydrogen) atoms. The predicted octanol–water partition coefficient (Wildman–Crippen LogP) is 22.4. The molecule has 6 nitrogen and oxygen atoms in total. The summed E-state index contributed by atoms with van der Waals surface area (Å²) in [5, 5.41) is 0. The van der Waals surface area contributed by atoms with Gasteiger partial charge in [-0.2, -0.15) is 0 Å². The van der Waals surface area contributed by atoms with E-state index in [0.717, 1.165) is 135 Å². The van der Waals surface area contributed by atoms with Crippen LogP contribution in [-0.4, -0.2) is 37.2 Å². The van der Waals surface area contributed by atoms with Gasteiger partial charge in [0.1, 0.15) is 13.2 Å². The topological polar surface area (TPSA) is 78.9 Å². The summed E-state index contributed by atoms with van der Waals surface area (Å²) in [6.45, 7) is 6.36. The molecule has 0 aromatic carbocycles. The van der Waals surface area contributed by atoms with Crippen molar-refractivity contribution in [3.63, 3.8) is 0 Å². The lowest BCUT2D eigenvalue weighted by Gasteiger charge is -2.18. The number of carbonyl (C=O) groups excluding carboxylic acids is 3. The quantitative estimate of drug-likeness (QED) is 0.0261. The van der Waals surface area contributed by atoms with E-state index < -0.39 is 6.10 Å². The molecule has 0 amide bonds. The molecule has 0 aromatic rings. The second-order valence-electron chi connectivity index (χ2n) is 21.3. The summed E-state index contributed by atoms with van der Waals surface area (Å²) in [4.78, 5) is 38.3. The van der Waals surface area contributed by atoms with Gasteiger partial charge in [-0.05, 0) is 122 Å². The largest absolute Gasteiger partial charge is 0.462 e. The fourth-order valence-electron chi connectivity index (χ4n) is 8.88. The van der Waals surface area contributed by atoms with Crippen molar-refractivity contribution in [1.29, 1.82) is 0 Å². The Hall–Kier alpha value is -4.19. The Bertz CT molecular complexity index is 1620. The first kappa shape index (κ1) is 73.8. The number of unbranched alkanes of at least 4 members (excludes halogenated alkanes) is 27. The van der Waals surface area contributed by atoms with Gasteiger partial charge in [0, 0.05) is 19.3 Å². The zero-order valence-corrected chi connectivity index (χ0v) is 50.9. The van der Waals surface area contributed by atoms with E-state index in [1.165, 1.54) is 122 Å². The first-order valence-electron chi connectivity index (χ1n) is 32.5. The molecule has 0 spiro atoms. The molecule has 0 radical (unpaired) electrons. The van der Waals surface area contributed by atoms with Crippen LogP contribution in [0, 0.1) is 0 Å². The lowest BCUT2D eigenvalue weighted by Crippen LogP contribution is -2.30. The van der Waals surface area contributed by atoms with E-state index in [9.17, 15) is 14.4 Å². The maximum absolute atomic E-state index is 12.9. The first-order chi connectivity index (χ1) is 38.5. The molecule has 0 saturated carbocycles. The Kier molecular flexibility index (Phi) is 61.8. The van der Waals surface area contributed by atoms with Crippen molar-refractivity contribution in [1.82, 2.24) is 0 Å². The van der Waals surface area contributed by atoms with Crippen molar-refractivity contribution in [2.45, 2.75) is 303 Å². The normalized spacial score (nSPS) is 12.9. The van der Waals surface area contributed by atoms with E-state index in [2.05, 4.69) is 142 Å². The van der Waals surface area contributed by atoms with Gasteiger partial charge in [0.15, 0.2) is 6.10 Å². The number of esters is 3. The van der Waals surface area contributed by atoms with Crippen molar-refractivity contribution in [2.24, 2.45) is 0 Å². The van der Waals surface area contributed by atoms with Gasteiger partial charge in [-0.15, -0.1) is 0 Å². The molecule has 0 aromatic heterocycles. The Morgan fingerprint density at radius 1 is 0.269 bits per heavy atom. The average molecular weight is 1080 g/mol. The van der Waals surface area contributed by atoms with Crippen molar-refractivity contribution < 1.29 is 28.6 Å². The van der Waals surface area contributed by atoms with Crippen LogP contribution in [0.25, 0.3) is 0 Å². The third-order valence-electron chi connectivity index (χ3n) is 13.7. The molecule has 1 atom stereocenters. The van der Waals surface area contributed by atoms with Crippen LogP contribution >= 0.6 is 0 Å². The fourth-order valence-corrected chi connectivity index (χ4v) is 8.88. The van der Waals surface area contributed by atoms with Gasteiger partial charge in [-0.25, -0.2) is 0 Å². The number of hydrogen-bond donors (Lipinski definition) is 0. The van der Waals surface area contributed by atoms with Crippen LogP contribution in [0.15, 0.2) is 122 Å². The van der Waals surface area contributed by atoms with Crippen LogP contribution < -0.4 is 0 Å². The van der Waals surface area contributed by atoms with Crippen molar-refractivity contribution in [3.05, 3.63) is 122 Å². The molecule has 0 rings (SSSR count). The second kappa shape index (κ2) is 65.3. The Balaban J connectivity index is 4.25. The lowest BCUT2D eigenvalue weighted by molar-refractivity contribution is -0.167. The predicted molar refractivity (Wildman–Crippen MR) is 339 cm³/mol. The highest BCUT2D eigenvalue weighted by molar-refractivity contribution is 5.71. The molecule has 6 heteroatoms. The Morgan fingerprint density at radius 2 is 0.500 bits per heavy atom. The summed E-state index contributed by atoms with van der Waals surface area (Å²) in [6.07, 6.45) is 90.7. The summed E-state index contributed by atoms with van der Waals surface area (Å²) >= 11 is 0. The molecule has 0 aliphatic rings. The summed E-state index contributed by atoms with van der Waals surface area (Å²) in [5.74, 6) is -0.898. The van der Waals surface area contributed by atoms with Gasteiger partial charge in [0.2, 0.25) is 0 Å². The summed E-state index contributed by atoms with van der Waals surface area (Å²) in [6, 6.07) is 0. The van der Waals surface area contributed by atoms with E-state index in [4.69, 9.17) is 14.2 Å². The number of hydrogen-bond acceptors (Lipinski definition) is 6. The van der Waals surface area contributed by atoms with Crippen molar-refractivity contribution >= 4 is 17.9 Å². The van der Waals surface area contributed by atoms with E-state index in [1.807, 2.05) is 0 Å². The molecule has 0 aliphatic carbocycles. The van der Waals surface area contributed by atoms with Crippen LogP contribution in [0.5, 0.6) is 0 Å². The molecular weight excluding hydrogens is 961 g/mol. The molecule has 0 aliphatic heterocycles. The van der Waals surface area contributed by atoms with E-state index in [-0.39, 0.29) is 31.1 Å². The Labute approximate surface area is 482 Å². The van der Waals surface area contributed by atoms with Crippen LogP contribution in [-0.2, 0) is 28.6 Å². The molecule has 444 valence electrons. The summed E-state index contributed by atoms with van der Waals surface area (Å²) in [5.41, 5.74) is 0. The number of carbonyl (C=O) groups is 3. The van der Waals surface area contributed by atoms with E-state index in [0.29, 0.717) is 19.3 Å². The second-order valence-corrected chi connectivity index (χ2v) is 21.3. The maximum Gasteiger partial charge on any atom is 0.306 e. The van der Waals surface area contributed by atoms with E-state index >= 15 is 0 Å². The highest BCUT2D eigenvalue weighted by Crippen LogP contribution is 2.16. The monoisotopic (exact) mass is 1080 g/mol. The minimum Gasteiger partial charge on any atom is -0.462 e. The van der Waals surface area contributed by atoms with Crippen molar-refractivity contribution in [3.8, 4) is 0 Å². The van der Waals surface area contributed by atoms with Crippen LogP contribution in [0.3, 0.4) is 0 Å². The molecule has 0 saturated heterocycles. The fraction of sp³-hybridized carbons (Fsp3) is 0.681. The van der Waals surface area contributed by atoms with Crippen LogP contribution in [0.4, 0.5) is 0 Å². The van der Waals surface area contributed by atoms with Gasteiger partial charge < -0.3 is 14.2 Å². The van der Waals surface area contributed by atoms with Crippen LogP contribution in [0.2, 0.25) is 0 Å². The zero-order chi connectivity index (χ0) is 56.4. The number of ether oxygens (including phenoxy) is 3. The standard InChI is InChI=1S/C72H120O6/c1-4-7-10-13-16-19-22-24-26-28-30-32-34-35-36-37-39-40-42-44-46-48-50-53-56-59-62-65-71(74)77-68-69(67-76-70(73)64-61-58-55-52-21-18-15-12-9-6-3)78-72(75)66-63-60-57-54-51-49-47-45-43-41-38-33-31-29-27-25-23-20-17-14-11-8-5-2/h7-8,10-12,15-17,19-20,24-27,30-33,35-36,69H,4-6,9,13-14,18,21-23,28-29,34,37-68H2,1-3H3/b10-7-,11-8-,15-12-,19-16-,20-17-,26-24-,27-25-,32-30-,33-31-,36-35-. The average Bonchev–Trinajstić information content (AvgIpc) is 3.44. The molecule has 0 bridgehead atoms. The Morgan fingerprint density at radius 3 is 0.795 bits per heavy atom. The van der Waals surface area contributed by atoms with E-state index in [1.54, 1.807) is 0 Å². The number of rotatable bonds is 58. The third-order valence-corrected chi connectivity index (χ3v) is 13.7. The number of allylic oxidation sites excluding steroid dienone is 20. The third kappa shape index (κ3) is 62.7. The highest BCUT2D eigenvalue weighted by Gasteiger charge is 2.19. The van der Waals surface area contributed by atoms with Crippen molar-refractivity contribution in [2.75, 3.05) is 13.2 Å². The van der Waals surface area contributed by atoms with Gasteiger partial charge in [-0.1, -0.05) is 277 Å². The molecule has 1 unspecified atom stereocenters. The van der Waals surface area contributed by atoms with Gasteiger partial charge in [0.25, 0.3) is 0 Å². The smallest absolute Gasteiger partial charge is 0.306 e. The SMILES string of the molecule is CC/C=C\C/C=C\C/C=C\C/C=C\C/C=C\CCCCCCCCCCCCCC(=O)OCC(COC(=O)CCCCCCC/C=C\CCC)OC(=O)CCCCCCCCCCCC/C=C\C/C=C\C/C=C\C/C=C\CC.